The van der Waals surface area contributed by atoms with Crippen molar-refractivity contribution in [3.8, 4) is 0 Å². The second-order valence-corrected chi connectivity index (χ2v) is 3.26. The van der Waals surface area contributed by atoms with Crippen molar-refractivity contribution >= 4 is 5.97 Å². The molecule has 0 spiro atoms. The molecule has 1 aromatic rings. The van der Waals surface area contributed by atoms with Gasteiger partial charge in [-0.15, -0.1) is 0 Å². The zero-order valence-electron chi connectivity index (χ0n) is 7.01. The molecule has 0 amide bonds. The number of carboxylic acids is 1. The molecule has 5 nitrogen and oxygen atoms in total. The van der Waals surface area contributed by atoms with Gasteiger partial charge in [0.2, 0.25) is 0 Å². The summed E-state index contributed by atoms with van der Waals surface area (Å²) in [6, 6.07) is 0. The topological polar surface area (TPSA) is 66.6 Å². The van der Waals surface area contributed by atoms with Crippen LogP contribution in [0.1, 0.15) is 5.56 Å². The van der Waals surface area contributed by atoms with Gasteiger partial charge >= 0.3 is 5.97 Å². The van der Waals surface area contributed by atoms with Crippen LogP contribution in [0.2, 0.25) is 0 Å². The third kappa shape index (κ3) is 1.70. The van der Waals surface area contributed by atoms with Crippen LogP contribution in [0.3, 0.4) is 0 Å². The fourth-order valence-corrected chi connectivity index (χ4v) is 1.42. The molecule has 0 bridgehead atoms. The third-order valence-electron chi connectivity index (χ3n) is 2.20. The maximum atomic E-state index is 10.5. The molecule has 1 fully saturated rings. The highest BCUT2D eigenvalue weighted by atomic mass is 16.5. The van der Waals surface area contributed by atoms with Crippen LogP contribution in [0, 0.1) is 5.92 Å². The van der Waals surface area contributed by atoms with Crippen molar-refractivity contribution in [1.29, 1.82) is 0 Å². The minimum atomic E-state index is -0.707. The van der Waals surface area contributed by atoms with Crippen molar-refractivity contribution in [2.75, 3.05) is 13.1 Å². The molecule has 1 aliphatic rings. The molecule has 0 aromatic carbocycles. The third-order valence-corrected chi connectivity index (χ3v) is 2.20. The summed E-state index contributed by atoms with van der Waals surface area (Å²) in [4.78, 5) is 12.5. The Morgan fingerprint density at radius 2 is 2.54 bits per heavy atom. The van der Waals surface area contributed by atoms with Gasteiger partial charge in [-0.3, -0.25) is 9.69 Å². The van der Waals surface area contributed by atoms with Crippen LogP contribution in [-0.2, 0) is 11.3 Å². The second kappa shape index (κ2) is 3.18. The summed E-state index contributed by atoms with van der Waals surface area (Å²) in [6.07, 6.45) is 3.22. The average molecular weight is 182 g/mol. The normalized spacial score (nSPS) is 18.5. The van der Waals surface area contributed by atoms with Gasteiger partial charge in [-0.2, -0.15) is 0 Å². The van der Waals surface area contributed by atoms with E-state index in [9.17, 15) is 4.79 Å². The first-order valence-corrected chi connectivity index (χ1v) is 4.09. The highest BCUT2D eigenvalue weighted by Crippen LogP contribution is 2.18. The number of likely N-dealkylation sites (tertiary alicyclic amines) is 1. The molecule has 0 radical (unpaired) electrons. The minimum Gasteiger partial charge on any atom is -0.481 e. The molecule has 13 heavy (non-hydrogen) atoms. The van der Waals surface area contributed by atoms with Gasteiger partial charge in [-0.1, -0.05) is 5.16 Å². The molecule has 2 heterocycles. The Bertz CT molecular complexity index is 290. The summed E-state index contributed by atoms with van der Waals surface area (Å²) >= 11 is 0. The number of aliphatic carboxylic acids is 1. The molecule has 1 aromatic heterocycles. The van der Waals surface area contributed by atoms with Crippen LogP contribution in [0.25, 0.3) is 0 Å². The Morgan fingerprint density at radius 3 is 3.08 bits per heavy atom. The van der Waals surface area contributed by atoms with E-state index in [1.54, 1.807) is 12.5 Å². The summed E-state index contributed by atoms with van der Waals surface area (Å²) in [5.74, 6) is -0.901. The Labute approximate surface area is 74.9 Å². The van der Waals surface area contributed by atoms with E-state index in [0.29, 0.717) is 13.1 Å². The molecule has 1 saturated heterocycles. The molecule has 0 unspecified atom stereocenters. The number of nitrogens with zero attached hydrogens (tertiary/aromatic N) is 2. The van der Waals surface area contributed by atoms with E-state index in [1.165, 1.54) is 0 Å². The van der Waals surface area contributed by atoms with Gasteiger partial charge < -0.3 is 9.63 Å². The molecule has 70 valence electrons. The van der Waals surface area contributed by atoms with Crippen molar-refractivity contribution in [2.24, 2.45) is 5.92 Å². The highest BCUT2D eigenvalue weighted by molar-refractivity contribution is 5.71. The quantitative estimate of drug-likeness (QED) is 0.722. The maximum Gasteiger partial charge on any atom is 0.309 e. The lowest BCUT2D eigenvalue weighted by Crippen LogP contribution is -2.49. The number of aromatic nitrogens is 1. The Morgan fingerprint density at radius 1 is 1.77 bits per heavy atom. The predicted molar refractivity (Wildman–Crippen MR) is 42.9 cm³/mol. The van der Waals surface area contributed by atoms with Crippen LogP contribution in [-0.4, -0.2) is 34.2 Å². The fourth-order valence-electron chi connectivity index (χ4n) is 1.42. The first-order chi connectivity index (χ1) is 6.25. The van der Waals surface area contributed by atoms with Gasteiger partial charge in [0, 0.05) is 25.2 Å². The average Bonchev–Trinajstić information content (AvgIpc) is 2.46. The summed E-state index contributed by atoms with van der Waals surface area (Å²) in [6.45, 7) is 1.98. The van der Waals surface area contributed by atoms with Gasteiger partial charge in [0.25, 0.3) is 0 Å². The van der Waals surface area contributed by atoms with E-state index in [0.717, 1.165) is 12.1 Å². The summed E-state index contributed by atoms with van der Waals surface area (Å²) in [5, 5.41) is 12.2. The monoisotopic (exact) mass is 182 g/mol. The van der Waals surface area contributed by atoms with Gasteiger partial charge in [0.1, 0.15) is 6.26 Å². The number of hydrogen-bond acceptors (Lipinski definition) is 4. The van der Waals surface area contributed by atoms with Gasteiger partial charge in [0.15, 0.2) is 0 Å². The van der Waals surface area contributed by atoms with Crippen molar-refractivity contribution in [2.45, 2.75) is 6.54 Å². The lowest BCUT2D eigenvalue weighted by molar-refractivity contribution is -0.147. The van der Waals surface area contributed by atoms with Crippen molar-refractivity contribution in [3.63, 3.8) is 0 Å². The van der Waals surface area contributed by atoms with Crippen LogP contribution < -0.4 is 0 Å². The van der Waals surface area contributed by atoms with E-state index in [2.05, 4.69) is 9.68 Å². The largest absolute Gasteiger partial charge is 0.481 e. The van der Waals surface area contributed by atoms with E-state index < -0.39 is 5.97 Å². The molecular weight excluding hydrogens is 172 g/mol. The first kappa shape index (κ1) is 8.25. The molecule has 5 heteroatoms. The maximum absolute atomic E-state index is 10.5. The molecule has 2 rings (SSSR count). The molecule has 1 N–H and O–H groups in total. The smallest absolute Gasteiger partial charge is 0.309 e. The summed E-state index contributed by atoms with van der Waals surface area (Å²) < 4.78 is 4.67. The Hall–Kier alpha value is -1.36. The number of hydrogen-bond donors (Lipinski definition) is 1. The van der Waals surface area contributed by atoms with Gasteiger partial charge in [-0.05, 0) is 0 Å². The molecule has 1 aliphatic heterocycles. The standard InChI is InChI=1S/C8H10N2O3/c11-8(12)7-3-10(4-7)2-6-1-9-13-5-6/h1,5,7H,2-4H2,(H,11,12). The van der Waals surface area contributed by atoms with Crippen molar-refractivity contribution in [1.82, 2.24) is 10.1 Å². The zero-order valence-corrected chi connectivity index (χ0v) is 7.01. The second-order valence-electron chi connectivity index (χ2n) is 3.26. The van der Waals surface area contributed by atoms with Gasteiger partial charge in [0.05, 0.1) is 12.1 Å². The summed E-state index contributed by atoms with van der Waals surface area (Å²) in [5.41, 5.74) is 0.990. The molecule has 0 saturated carbocycles. The van der Waals surface area contributed by atoms with Crippen molar-refractivity contribution < 1.29 is 14.4 Å². The Kier molecular flexibility index (Phi) is 2.02. The number of carboxylic acid groups (broad SMARTS) is 1. The SMILES string of the molecule is O=C(O)C1CN(Cc2cnoc2)C1. The summed E-state index contributed by atoms with van der Waals surface area (Å²) in [7, 11) is 0. The number of carbonyl (C=O) groups is 1. The van der Waals surface area contributed by atoms with E-state index in [4.69, 9.17) is 5.11 Å². The van der Waals surface area contributed by atoms with Crippen LogP contribution in [0.15, 0.2) is 17.0 Å². The lowest BCUT2D eigenvalue weighted by atomic mass is 10.0. The van der Waals surface area contributed by atoms with E-state index in [1.807, 2.05) is 4.90 Å². The van der Waals surface area contributed by atoms with E-state index >= 15 is 0 Å². The number of rotatable bonds is 3. The zero-order chi connectivity index (χ0) is 9.26. The van der Waals surface area contributed by atoms with Crippen LogP contribution in [0.4, 0.5) is 0 Å². The Balaban J connectivity index is 1.79. The molecular formula is C8H10N2O3. The predicted octanol–water partition coefficient (Wildman–Crippen LogP) is 0.191. The first-order valence-electron chi connectivity index (χ1n) is 4.09. The minimum absolute atomic E-state index is 0.195. The molecule has 0 atom stereocenters. The van der Waals surface area contributed by atoms with E-state index in [-0.39, 0.29) is 5.92 Å². The lowest BCUT2D eigenvalue weighted by Gasteiger charge is -2.36. The van der Waals surface area contributed by atoms with Gasteiger partial charge in [-0.25, -0.2) is 0 Å². The fraction of sp³-hybridized carbons (Fsp3) is 0.500. The molecule has 0 aliphatic carbocycles. The highest BCUT2D eigenvalue weighted by Gasteiger charge is 2.32. The van der Waals surface area contributed by atoms with Crippen LogP contribution in [0.5, 0.6) is 0 Å². The van der Waals surface area contributed by atoms with Crippen LogP contribution >= 0.6 is 0 Å². The van der Waals surface area contributed by atoms with Crippen molar-refractivity contribution in [3.05, 3.63) is 18.0 Å².